The third-order valence-electron chi connectivity index (χ3n) is 9.01. The van der Waals surface area contributed by atoms with Crippen molar-refractivity contribution in [1.29, 1.82) is 0 Å². The summed E-state index contributed by atoms with van der Waals surface area (Å²) in [5, 5.41) is 2.58. The maximum Gasteiger partial charge on any atom is 0.160 e. The molecule has 0 saturated carbocycles. The van der Waals surface area contributed by atoms with Crippen molar-refractivity contribution < 1.29 is 9.59 Å². The van der Waals surface area contributed by atoms with Crippen molar-refractivity contribution in [3.8, 4) is 20.9 Å². The summed E-state index contributed by atoms with van der Waals surface area (Å²) >= 11 is 3.12. The van der Waals surface area contributed by atoms with Crippen LogP contribution in [0.3, 0.4) is 0 Å². The maximum atomic E-state index is 11.4. The topological polar surface area (TPSA) is 39.1 Å². The Morgan fingerprint density at radius 3 is 1.41 bits per heavy atom. The molecule has 0 saturated heterocycles. The van der Waals surface area contributed by atoms with Gasteiger partial charge in [0.05, 0.1) is 20.8 Å². The molecular formula is C39H47NO2S2. The van der Waals surface area contributed by atoms with E-state index in [2.05, 4.69) is 66.9 Å². The molecule has 5 aromatic rings. The minimum atomic E-state index is 0.431. The lowest BCUT2D eigenvalue weighted by atomic mass is 9.99. The number of hydrogen-bond acceptors (Lipinski definition) is 4. The van der Waals surface area contributed by atoms with Crippen LogP contribution in [0.2, 0.25) is 0 Å². The predicted octanol–water partition coefficient (Wildman–Crippen LogP) is 12.9. The summed E-state index contributed by atoms with van der Waals surface area (Å²) < 4.78 is 2.66. The maximum absolute atomic E-state index is 11.4. The molecule has 0 radical (unpaired) electrons. The number of hydrogen-bond donors (Lipinski definition) is 0. The van der Waals surface area contributed by atoms with Crippen molar-refractivity contribution in [1.82, 2.24) is 4.57 Å². The summed E-state index contributed by atoms with van der Waals surface area (Å²) in [6.45, 7) is 4.57. The van der Waals surface area contributed by atoms with E-state index in [1.807, 2.05) is 12.1 Å². The minimum Gasteiger partial charge on any atom is -0.337 e. The van der Waals surface area contributed by atoms with E-state index in [9.17, 15) is 9.59 Å². The fourth-order valence-electron chi connectivity index (χ4n) is 6.61. The van der Waals surface area contributed by atoms with Crippen LogP contribution in [0.1, 0.15) is 129 Å². The second-order valence-corrected chi connectivity index (χ2v) is 14.5. The molecule has 3 nitrogen and oxygen atoms in total. The Kier molecular flexibility index (Phi) is 12.0. The Morgan fingerprint density at radius 2 is 1.00 bits per heavy atom. The first-order chi connectivity index (χ1) is 21.7. The quantitative estimate of drug-likeness (QED) is 0.0676. The third kappa shape index (κ3) is 7.79. The summed E-state index contributed by atoms with van der Waals surface area (Å²) in [6.07, 6.45) is 20.0. The number of aromatic nitrogens is 1. The zero-order chi connectivity index (χ0) is 30.7. The van der Waals surface area contributed by atoms with E-state index in [0.717, 1.165) is 32.1 Å². The molecule has 0 N–H and O–H groups in total. The number of fused-ring (bicyclic) bond motifs is 3. The van der Waals surface area contributed by atoms with Crippen molar-refractivity contribution in [2.45, 2.75) is 110 Å². The number of carbonyl (C=O) groups is 2. The lowest BCUT2D eigenvalue weighted by molar-refractivity contribution is 0.111. The lowest BCUT2D eigenvalue weighted by Gasteiger charge is -2.22. The molecule has 0 amide bonds. The molecule has 3 heterocycles. The molecule has 44 heavy (non-hydrogen) atoms. The Hall–Kier alpha value is -3.02. The summed E-state index contributed by atoms with van der Waals surface area (Å²) in [7, 11) is 0. The van der Waals surface area contributed by atoms with Gasteiger partial charge in [-0.2, -0.15) is 0 Å². The van der Waals surface area contributed by atoms with Crippen LogP contribution >= 0.6 is 22.7 Å². The van der Waals surface area contributed by atoms with Gasteiger partial charge < -0.3 is 4.57 Å². The van der Waals surface area contributed by atoms with Crippen molar-refractivity contribution >= 4 is 57.1 Å². The van der Waals surface area contributed by atoms with Crippen LogP contribution in [0.5, 0.6) is 0 Å². The predicted molar refractivity (Wildman–Crippen MR) is 192 cm³/mol. The van der Waals surface area contributed by atoms with E-state index in [-0.39, 0.29) is 0 Å². The van der Waals surface area contributed by atoms with Gasteiger partial charge in [-0.25, -0.2) is 0 Å². The normalized spacial score (nSPS) is 11.7. The van der Waals surface area contributed by atoms with Gasteiger partial charge in [-0.1, -0.05) is 115 Å². The van der Waals surface area contributed by atoms with Crippen molar-refractivity contribution in [3.63, 3.8) is 0 Å². The molecule has 0 atom stereocenters. The molecule has 232 valence electrons. The number of unbranched alkanes of at least 4 members (excludes halogenated alkanes) is 10. The second-order valence-electron chi connectivity index (χ2n) is 12.2. The highest BCUT2D eigenvalue weighted by atomic mass is 32.1. The fourth-order valence-corrected chi connectivity index (χ4v) is 8.25. The SMILES string of the molecule is CCCCCCCCC(CCCCCCCC)n1c2cc(-c3ccc(C=O)s3)ccc2c2ccc(-c3ccc(C=O)s3)cc21. The number of rotatable bonds is 19. The number of benzene rings is 2. The van der Waals surface area contributed by atoms with Crippen LogP contribution in [0.25, 0.3) is 42.7 Å². The van der Waals surface area contributed by atoms with Crippen LogP contribution in [0.15, 0.2) is 60.7 Å². The van der Waals surface area contributed by atoms with Crippen LogP contribution in [0, 0.1) is 0 Å². The van der Waals surface area contributed by atoms with Crippen LogP contribution in [-0.2, 0) is 0 Å². The largest absolute Gasteiger partial charge is 0.337 e. The molecule has 0 aliphatic heterocycles. The summed E-state index contributed by atoms with van der Waals surface area (Å²) in [5.41, 5.74) is 4.92. The van der Waals surface area contributed by atoms with Gasteiger partial charge in [0.25, 0.3) is 0 Å². The summed E-state index contributed by atoms with van der Waals surface area (Å²) in [4.78, 5) is 26.7. The van der Waals surface area contributed by atoms with Gasteiger partial charge in [-0.15, -0.1) is 22.7 Å². The van der Waals surface area contributed by atoms with Crippen LogP contribution in [-0.4, -0.2) is 17.1 Å². The minimum absolute atomic E-state index is 0.431. The first-order valence-electron chi connectivity index (χ1n) is 16.8. The standard InChI is InChI=1S/C39H47NO2S2/c1-3-5-7-9-11-13-15-31(16-14-12-10-8-6-4-2)40-36-25-29(38-23-19-32(27-41)43-38)17-21-34(36)35-22-18-30(26-37(35)40)39-24-20-33(28-42)44-39/h17-28,31H,3-16H2,1-2H3. The molecule has 5 heteroatoms. The van der Waals surface area contributed by atoms with Crippen molar-refractivity contribution in [2.75, 3.05) is 0 Å². The molecule has 5 rings (SSSR count). The van der Waals surface area contributed by atoms with Gasteiger partial charge in [0.15, 0.2) is 12.6 Å². The van der Waals surface area contributed by atoms with Gasteiger partial charge >= 0.3 is 0 Å². The molecule has 3 aromatic heterocycles. The summed E-state index contributed by atoms with van der Waals surface area (Å²) in [6, 6.07) is 22.2. The molecule has 0 fully saturated rings. The zero-order valence-electron chi connectivity index (χ0n) is 26.5. The molecule has 2 aromatic carbocycles. The van der Waals surface area contributed by atoms with Gasteiger partial charge in [-0.3, -0.25) is 9.59 Å². The van der Waals surface area contributed by atoms with E-state index in [4.69, 9.17) is 0 Å². The average molecular weight is 626 g/mol. The molecule has 0 bridgehead atoms. The Morgan fingerprint density at radius 1 is 0.568 bits per heavy atom. The van der Waals surface area contributed by atoms with Gasteiger partial charge in [0.1, 0.15) is 0 Å². The number of aldehydes is 2. The molecule has 0 aliphatic carbocycles. The molecule has 0 unspecified atom stereocenters. The van der Waals surface area contributed by atoms with E-state index in [1.165, 1.54) is 123 Å². The third-order valence-corrected chi connectivity index (χ3v) is 11.1. The first-order valence-corrected chi connectivity index (χ1v) is 18.5. The fraction of sp³-hybridized carbons (Fsp3) is 0.436. The smallest absolute Gasteiger partial charge is 0.160 e. The van der Waals surface area contributed by atoms with E-state index >= 15 is 0 Å². The second kappa shape index (κ2) is 16.3. The van der Waals surface area contributed by atoms with Gasteiger partial charge in [0, 0.05) is 26.6 Å². The van der Waals surface area contributed by atoms with Gasteiger partial charge in [-0.05, 0) is 60.4 Å². The number of thiophene rings is 2. The summed E-state index contributed by atoms with van der Waals surface area (Å²) in [5.74, 6) is 0. The average Bonchev–Trinajstić information content (AvgIpc) is 3.80. The number of nitrogens with zero attached hydrogens (tertiary/aromatic N) is 1. The Labute approximate surface area is 271 Å². The molecular weight excluding hydrogens is 579 g/mol. The van der Waals surface area contributed by atoms with Crippen molar-refractivity contribution in [3.05, 3.63) is 70.4 Å². The van der Waals surface area contributed by atoms with E-state index < -0.39 is 0 Å². The van der Waals surface area contributed by atoms with Crippen LogP contribution < -0.4 is 0 Å². The van der Waals surface area contributed by atoms with E-state index in [1.54, 1.807) is 22.7 Å². The van der Waals surface area contributed by atoms with Crippen LogP contribution in [0.4, 0.5) is 0 Å². The highest BCUT2D eigenvalue weighted by molar-refractivity contribution is 7.17. The highest BCUT2D eigenvalue weighted by Crippen LogP contribution is 2.41. The van der Waals surface area contributed by atoms with Gasteiger partial charge in [0.2, 0.25) is 0 Å². The highest BCUT2D eigenvalue weighted by Gasteiger charge is 2.20. The zero-order valence-corrected chi connectivity index (χ0v) is 28.1. The van der Waals surface area contributed by atoms with E-state index in [0.29, 0.717) is 6.04 Å². The Balaban J connectivity index is 1.57. The van der Waals surface area contributed by atoms with Crippen molar-refractivity contribution in [2.24, 2.45) is 0 Å². The monoisotopic (exact) mass is 625 g/mol. The molecule has 0 spiro atoms. The number of carbonyl (C=O) groups excluding carboxylic acids is 2. The molecule has 0 aliphatic rings. The Bertz CT molecular complexity index is 1540. The first kappa shape index (κ1) is 32.4. The lowest BCUT2D eigenvalue weighted by Crippen LogP contribution is -2.09.